The molecule has 106 valence electrons. The number of rotatable bonds is 2. The van der Waals surface area contributed by atoms with Crippen LogP contribution >= 0.6 is 0 Å². The third kappa shape index (κ3) is 1.79. The second-order valence-electron chi connectivity index (χ2n) is 6.11. The van der Waals surface area contributed by atoms with Crippen molar-refractivity contribution in [3.8, 4) is 0 Å². The number of fused-ring (bicyclic) bond motifs is 2. The Labute approximate surface area is 119 Å². The van der Waals surface area contributed by atoms with E-state index in [2.05, 4.69) is 12.2 Å². The zero-order valence-electron chi connectivity index (χ0n) is 11.7. The van der Waals surface area contributed by atoms with Gasteiger partial charge in [-0.15, -0.1) is 0 Å². The van der Waals surface area contributed by atoms with Crippen molar-refractivity contribution in [3.05, 3.63) is 35.9 Å². The van der Waals surface area contributed by atoms with Crippen LogP contribution in [-0.4, -0.2) is 35.2 Å². The number of benzene rings is 1. The van der Waals surface area contributed by atoms with Crippen molar-refractivity contribution in [1.29, 1.82) is 0 Å². The molecule has 4 heteroatoms. The lowest BCUT2D eigenvalue weighted by Gasteiger charge is -2.32. The molecule has 4 nitrogen and oxygen atoms in total. The van der Waals surface area contributed by atoms with Crippen molar-refractivity contribution in [1.82, 2.24) is 10.2 Å². The monoisotopic (exact) mass is 272 g/mol. The Morgan fingerprint density at radius 2 is 2.05 bits per heavy atom. The summed E-state index contributed by atoms with van der Waals surface area (Å²) >= 11 is 0. The highest BCUT2D eigenvalue weighted by molar-refractivity contribution is 5.86. The number of nitrogens with zero attached hydrogens (tertiary/aromatic N) is 1. The van der Waals surface area contributed by atoms with Gasteiger partial charge in [-0.2, -0.15) is 0 Å². The molecule has 3 fully saturated rings. The van der Waals surface area contributed by atoms with Crippen LogP contribution in [0.4, 0.5) is 0 Å². The van der Waals surface area contributed by atoms with Crippen LogP contribution < -0.4 is 5.32 Å². The van der Waals surface area contributed by atoms with Crippen LogP contribution in [-0.2, 0) is 9.53 Å². The van der Waals surface area contributed by atoms with E-state index in [0.29, 0.717) is 6.10 Å². The topological polar surface area (TPSA) is 41.6 Å². The first kappa shape index (κ1) is 12.4. The van der Waals surface area contributed by atoms with Crippen molar-refractivity contribution in [2.24, 2.45) is 0 Å². The summed E-state index contributed by atoms with van der Waals surface area (Å²) in [5, 5.41) is 3.43. The zero-order chi connectivity index (χ0) is 13.7. The maximum atomic E-state index is 12.8. The van der Waals surface area contributed by atoms with Crippen LogP contribution in [0.5, 0.6) is 0 Å². The number of carbonyl (C=O) groups excluding carboxylic acids is 1. The fraction of sp³-hybridized carbons (Fsp3) is 0.562. The second-order valence-corrected chi connectivity index (χ2v) is 6.11. The van der Waals surface area contributed by atoms with Crippen LogP contribution in [0.15, 0.2) is 30.3 Å². The van der Waals surface area contributed by atoms with E-state index < -0.39 is 0 Å². The van der Waals surface area contributed by atoms with Crippen molar-refractivity contribution in [2.45, 2.75) is 56.6 Å². The number of ether oxygens (including phenoxy) is 1. The van der Waals surface area contributed by atoms with Crippen LogP contribution in [0.2, 0.25) is 0 Å². The van der Waals surface area contributed by atoms with Crippen LogP contribution in [0.25, 0.3) is 0 Å². The molecule has 0 aromatic heterocycles. The molecule has 1 N–H and O–H groups in total. The van der Waals surface area contributed by atoms with E-state index in [1.54, 1.807) is 0 Å². The highest BCUT2D eigenvalue weighted by Gasteiger charge is 2.50. The first-order valence-electron chi connectivity index (χ1n) is 7.52. The molecule has 0 radical (unpaired) electrons. The largest absolute Gasteiger partial charge is 0.373 e. The van der Waals surface area contributed by atoms with Gasteiger partial charge in [0.1, 0.15) is 6.04 Å². The number of hydrogen-bond acceptors (Lipinski definition) is 3. The molecular formula is C16H20N2O2. The molecule has 1 aromatic rings. The highest BCUT2D eigenvalue weighted by atomic mass is 16.5. The minimum atomic E-state index is -0.203. The predicted molar refractivity (Wildman–Crippen MR) is 74.9 cm³/mol. The van der Waals surface area contributed by atoms with Gasteiger partial charge in [-0.1, -0.05) is 30.3 Å². The molecule has 1 aromatic carbocycles. The summed E-state index contributed by atoms with van der Waals surface area (Å²) in [5.74, 6) is 0.199. The lowest BCUT2D eigenvalue weighted by atomic mass is 9.93. The number of hydrogen-bond donors (Lipinski definition) is 1. The van der Waals surface area contributed by atoms with Crippen molar-refractivity contribution >= 4 is 5.91 Å². The average Bonchev–Trinajstić information content (AvgIpc) is 3.14. The number of carbonyl (C=O) groups is 1. The van der Waals surface area contributed by atoms with Crippen LogP contribution in [0.3, 0.4) is 0 Å². The molecule has 0 saturated carbocycles. The normalized spacial score (nSPS) is 39.8. The fourth-order valence-electron chi connectivity index (χ4n) is 3.97. The van der Waals surface area contributed by atoms with Crippen LogP contribution in [0.1, 0.15) is 37.8 Å². The Bertz CT molecular complexity index is 518. The summed E-state index contributed by atoms with van der Waals surface area (Å²) in [6, 6.07) is 10.0. The molecule has 5 unspecified atom stereocenters. The van der Waals surface area contributed by atoms with Gasteiger partial charge < -0.3 is 9.64 Å². The molecule has 5 atom stereocenters. The van der Waals surface area contributed by atoms with Crippen molar-refractivity contribution in [2.75, 3.05) is 0 Å². The minimum Gasteiger partial charge on any atom is -0.373 e. The van der Waals surface area contributed by atoms with Crippen molar-refractivity contribution in [3.63, 3.8) is 0 Å². The van der Waals surface area contributed by atoms with E-state index >= 15 is 0 Å². The maximum Gasteiger partial charge on any atom is 0.245 e. The Kier molecular flexibility index (Phi) is 2.82. The fourth-order valence-corrected chi connectivity index (χ4v) is 3.97. The molecule has 2 bridgehead atoms. The van der Waals surface area contributed by atoms with Gasteiger partial charge in [0.25, 0.3) is 0 Å². The van der Waals surface area contributed by atoms with Gasteiger partial charge in [-0.05, 0) is 31.7 Å². The Morgan fingerprint density at radius 1 is 1.25 bits per heavy atom. The van der Waals surface area contributed by atoms with Gasteiger partial charge in [0.15, 0.2) is 0 Å². The number of nitrogens with one attached hydrogen (secondary N) is 1. The lowest BCUT2D eigenvalue weighted by Crippen LogP contribution is -2.47. The summed E-state index contributed by atoms with van der Waals surface area (Å²) in [5.41, 5.74) is 1.05. The first-order valence-corrected chi connectivity index (χ1v) is 7.52. The molecule has 3 saturated heterocycles. The Morgan fingerprint density at radius 3 is 2.70 bits per heavy atom. The molecule has 3 aliphatic heterocycles. The Balaban J connectivity index is 1.58. The molecule has 3 aliphatic rings. The molecule has 0 aliphatic carbocycles. The highest BCUT2D eigenvalue weighted by Crippen LogP contribution is 2.40. The molecule has 3 heterocycles. The maximum absolute atomic E-state index is 12.8. The first-order chi connectivity index (χ1) is 9.74. The SMILES string of the molecule is CC1NC(c2ccccc2)C(=O)N1C1CC2CCC1O2. The number of amides is 1. The van der Waals surface area contributed by atoms with Gasteiger partial charge >= 0.3 is 0 Å². The lowest BCUT2D eigenvalue weighted by molar-refractivity contribution is -0.133. The zero-order valence-corrected chi connectivity index (χ0v) is 11.7. The summed E-state index contributed by atoms with van der Waals surface area (Å²) in [4.78, 5) is 14.8. The standard InChI is InChI=1S/C16H20N2O2/c1-10-17-15(11-5-3-2-4-6-11)16(19)18(10)13-9-12-7-8-14(13)20-12/h2-6,10,12-15,17H,7-9H2,1H3. The van der Waals surface area contributed by atoms with Gasteiger partial charge in [0.2, 0.25) is 5.91 Å². The second kappa shape index (κ2) is 4.57. The molecule has 1 amide bonds. The minimum absolute atomic E-state index is 0.0839. The summed E-state index contributed by atoms with van der Waals surface area (Å²) in [7, 11) is 0. The third-order valence-electron chi connectivity index (χ3n) is 4.89. The van der Waals surface area contributed by atoms with E-state index in [0.717, 1.165) is 24.8 Å². The van der Waals surface area contributed by atoms with Crippen molar-refractivity contribution < 1.29 is 9.53 Å². The van der Waals surface area contributed by atoms with E-state index in [1.807, 2.05) is 35.2 Å². The third-order valence-corrected chi connectivity index (χ3v) is 4.89. The van der Waals surface area contributed by atoms with E-state index in [-0.39, 0.29) is 30.3 Å². The van der Waals surface area contributed by atoms with Gasteiger partial charge in [0.05, 0.1) is 24.4 Å². The smallest absolute Gasteiger partial charge is 0.245 e. The van der Waals surface area contributed by atoms with E-state index in [1.165, 1.54) is 0 Å². The Hall–Kier alpha value is -1.39. The summed E-state index contributed by atoms with van der Waals surface area (Å²) in [6.07, 6.45) is 3.97. The van der Waals surface area contributed by atoms with Crippen LogP contribution in [0, 0.1) is 0 Å². The van der Waals surface area contributed by atoms with E-state index in [9.17, 15) is 4.79 Å². The quantitative estimate of drug-likeness (QED) is 0.893. The van der Waals surface area contributed by atoms with Gasteiger partial charge in [0, 0.05) is 0 Å². The molecule has 4 rings (SSSR count). The van der Waals surface area contributed by atoms with E-state index in [4.69, 9.17) is 4.74 Å². The summed E-state index contributed by atoms with van der Waals surface area (Å²) < 4.78 is 5.91. The average molecular weight is 272 g/mol. The summed E-state index contributed by atoms with van der Waals surface area (Å²) in [6.45, 7) is 2.08. The molecular weight excluding hydrogens is 252 g/mol. The van der Waals surface area contributed by atoms with Gasteiger partial charge in [-0.25, -0.2) is 0 Å². The van der Waals surface area contributed by atoms with Gasteiger partial charge in [-0.3, -0.25) is 10.1 Å². The predicted octanol–water partition coefficient (Wildman–Crippen LogP) is 1.83. The molecule has 20 heavy (non-hydrogen) atoms. The molecule has 0 spiro atoms.